The number of rotatable bonds is 4. The molecule has 1 aromatic rings. The Labute approximate surface area is 93.7 Å². The molecule has 1 radical (unpaired) electrons. The van der Waals surface area contributed by atoms with Crippen molar-refractivity contribution >= 4 is 11.8 Å². The standard InChI is InChI=1S/C12H12NO3/c1-2-3-4-6-10-7-5-8-11(9-14)12(10)13(15)16/h2-8H,9H2,1H3/b3-2+,6-4+. The molecule has 16 heavy (non-hydrogen) atoms. The molecule has 0 fully saturated rings. The zero-order valence-electron chi connectivity index (χ0n) is 8.92. The number of allylic oxidation sites excluding steroid dienone is 3. The van der Waals surface area contributed by atoms with Crippen LogP contribution in [0.1, 0.15) is 18.1 Å². The highest BCUT2D eigenvalue weighted by atomic mass is 16.6. The van der Waals surface area contributed by atoms with Crippen LogP contribution < -0.4 is 0 Å². The Hall–Kier alpha value is -1.94. The Morgan fingerprint density at radius 1 is 1.38 bits per heavy atom. The van der Waals surface area contributed by atoms with Gasteiger partial charge in [0.1, 0.15) is 6.61 Å². The van der Waals surface area contributed by atoms with Crippen LogP contribution in [0.3, 0.4) is 0 Å². The van der Waals surface area contributed by atoms with Gasteiger partial charge in [0.05, 0.1) is 16.1 Å². The summed E-state index contributed by atoms with van der Waals surface area (Å²) in [6, 6.07) is 4.75. The maximum Gasteiger partial charge on any atom is 0.282 e. The molecule has 0 atom stereocenters. The number of para-hydroxylation sites is 1. The van der Waals surface area contributed by atoms with Gasteiger partial charge in [0, 0.05) is 0 Å². The van der Waals surface area contributed by atoms with E-state index in [1.807, 2.05) is 13.0 Å². The number of hydrogen-bond acceptors (Lipinski definition) is 2. The largest absolute Gasteiger partial charge is 0.282 e. The van der Waals surface area contributed by atoms with Crippen LogP contribution in [0.15, 0.2) is 36.4 Å². The van der Waals surface area contributed by atoms with Gasteiger partial charge in [-0.25, -0.2) is 5.11 Å². The van der Waals surface area contributed by atoms with E-state index >= 15 is 0 Å². The summed E-state index contributed by atoms with van der Waals surface area (Å²) in [6.45, 7) is 1.27. The van der Waals surface area contributed by atoms with E-state index in [4.69, 9.17) is 0 Å². The minimum absolute atomic E-state index is 0.0988. The summed E-state index contributed by atoms with van der Waals surface area (Å²) in [5, 5.41) is 21.6. The molecular weight excluding hydrogens is 206 g/mol. The van der Waals surface area contributed by atoms with E-state index in [0.717, 1.165) is 0 Å². The van der Waals surface area contributed by atoms with Gasteiger partial charge in [-0.3, -0.25) is 10.1 Å². The van der Waals surface area contributed by atoms with Crippen LogP contribution >= 0.6 is 0 Å². The van der Waals surface area contributed by atoms with E-state index in [-0.39, 0.29) is 11.3 Å². The minimum Gasteiger partial charge on any atom is -0.258 e. The molecule has 0 amide bonds. The Balaban J connectivity index is 3.22. The fourth-order valence-corrected chi connectivity index (χ4v) is 1.36. The zero-order valence-corrected chi connectivity index (χ0v) is 8.92. The van der Waals surface area contributed by atoms with Crippen molar-refractivity contribution in [2.24, 2.45) is 0 Å². The molecule has 0 saturated heterocycles. The molecule has 1 aromatic carbocycles. The maximum atomic E-state index is 10.8. The lowest BCUT2D eigenvalue weighted by Gasteiger charge is -2.01. The highest BCUT2D eigenvalue weighted by Gasteiger charge is 2.16. The number of nitrogens with zero attached hydrogens (tertiary/aromatic N) is 1. The van der Waals surface area contributed by atoms with Gasteiger partial charge in [-0.2, -0.15) is 0 Å². The minimum atomic E-state index is -0.582. The lowest BCUT2D eigenvalue weighted by molar-refractivity contribution is -0.386. The van der Waals surface area contributed by atoms with E-state index in [0.29, 0.717) is 5.56 Å². The van der Waals surface area contributed by atoms with E-state index in [2.05, 4.69) is 0 Å². The maximum absolute atomic E-state index is 10.8. The Morgan fingerprint density at radius 3 is 2.69 bits per heavy atom. The monoisotopic (exact) mass is 218 g/mol. The van der Waals surface area contributed by atoms with Gasteiger partial charge in [0.15, 0.2) is 0 Å². The third-order valence-corrected chi connectivity index (χ3v) is 2.07. The highest BCUT2D eigenvalue weighted by Crippen LogP contribution is 2.25. The van der Waals surface area contributed by atoms with Crippen molar-refractivity contribution in [2.45, 2.75) is 13.5 Å². The summed E-state index contributed by atoms with van der Waals surface area (Å²) >= 11 is 0. The van der Waals surface area contributed by atoms with E-state index in [1.54, 1.807) is 30.4 Å². The second kappa shape index (κ2) is 5.82. The zero-order chi connectivity index (χ0) is 12.0. The predicted molar refractivity (Wildman–Crippen MR) is 61.3 cm³/mol. The molecule has 0 unspecified atom stereocenters. The SMILES string of the molecule is C/C=C/C=C/c1cccc(C[O])c1[N+](=O)[O-]. The van der Waals surface area contributed by atoms with Crippen molar-refractivity contribution in [3.8, 4) is 0 Å². The number of nitro benzene ring substituents is 1. The number of nitro groups is 1. The van der Waals surface area contributed by atoms with Crippen molar-refractivity contribution in [3.05, 3.63) is 57.7 Å². The Kier molecular flexibility index (Phi) is 4.42. The molecule has 0 aliphatic carbocycles. The van der Waals surface area contributed by atoms with E-state index in [9.17, 15) is 15.2 Å². The van der Waals surface area contributed by atoms with Gasteiger partial charge in [-0.05, 0) is 25.1 Å². The average molecular weight is 218 g/mol. The van der Waals surface area contributed by atoms with Crippen LogP contribution in [0, 0.1) is 10.1 Å². The lowest BCUT2D eigenvalue weighted by Crippen LogP contribution is -1.97. The first-order valence-corrected chi connectivity index (χ1v) is 4.84. The summed E-state index contributed by atoms with van der Waals surface area (Å²) in [5.41, 5.74) is 0.572. The van der Waals surface area contributed by atoms with Gasteiger partial charge >= 0.3 is 0 Å². The van der Waals surface area contributed by atoms with Crippen LogP contribution in [0.25, 0.3) is 6.08 Å². The highest BCUT2D eigenvalue weighted by molar-refractivity contribution is 5.64. The molecule has 0 saturated carbocycles. The lowest BCUT2D eigenvalue weighted by atomic mass is 10.1. The summed E-state index contributed by atoms with van der Waals surface area (Å²) < 4.78 is 0. The van der Waals surface area contributed by atoms with E-state index in [1.165, 1.54) is 6.07 Å². The van der Waals surface area contributed by atoms with Crippen molar-refractivity contribution in [1.82, 2.24) is 0 Å². The average Bonchev–Trinajstić information content (AvgIpc) is 2.28. The molecule has 0 bridgehead atoms. The molecule has 1 rings (SSSR count). The number of hydrogen-bond donors (Lipinski definition) is 0. The van der Waals surface area contributed by atoms with Gasteiger partial charge in [-0.15, -0.1) is 0 Å². The van der Waals surface area contributed by atoms with Gasteiger partial charge in [0.25, 0.3) is 5.69 Å². The molecular formula is C12H12NO3. The van der Waals surface area contributed by atoms with Crippen molar-refractivity contribution < 1.29 is 10.0 Å². The van der Waals surface area contributed by atoms with Crippen LogP contribution in [-0.4, -0.2) is 4.92 Å². The summed E-state index contributed by atoms with van der Waals surface area (Å²) in [7, 11) is 0. The molecule has 83 valence electrons. The molecule has 0 spiro atoms. The van der Waals surface area contributed by atoms with Crippen molar-refractivity contribution in [3.63, 3.8) is 0 Å². The van der Waals surface area contributed by atoms with E-state index < -0.39 is 11.5 Å². The van der Waals surface area contributed by atoms with Crippen molar-refractivity contribution in [2.75, 3.05) is 0 Å². The number of benzene rings is 1. The third-order valence-electron chi connectivity index (χ3n) is 2.07. The molecule has 0 aliphatic rings. The second-order valence-electron chi connectivity index (χ2n) is 3.14. The fraction of sp³-hybridized carbons (Fsp3) is 0.167. The Bertz CT molecular complexity index is 436. The van der Waals surface area contributed by atoms with Crippen LogP contribution in [0.2, 0.25) is 0 Å². The van der Waals surface area contributed by atoms with Crippen LogP contribution in [-0.2, 0) is 11.7 Å². The van der Waals surface area contributed by atoms with Crippen LogP contribution in [0.5, 0.6) is 0 Å². The molecule has 0 N–H and O–H groups in total. The smallest absolute Gasteiger partial charge is 0.258 e. The van der Waals surface area contributed by atoms with Gasteiger partial charge in [-0.1, -0.05) is 24.3 Å². The first-order chi connectivity index (χ1) is 7.70. The second-order valence-corrected chi connectivity index (χ2v) is 3.14. The normalized spacial score (nSPS) is 11.4. The first-order valence-electron chi connectivity index (χ1n) is 4.84. The first kappa shape index (κ1) is 12.1. The molecule has 4 nitrogen and oxygen atoms in total. The topological polar surface area (TPSA) is 63.0 Å². The quantitative estimate of drug-likeness (QED) is 0.442. The van der Waals surface area contributed by atoms with Gasteiger partial charge in [0.2, 0.25) is 0 Å². The van der Waals surface area contributed by atoms with Crippen molar-refractivity contribution in [1.29, 1.82) is 0 Å². The molecule has 0 heterocycles. The fourth-order valence-electron chi connectivity index (χ4n) is 1.36. The molecule has 4 heteroatoms. The van der Waals surface area contributed by atoms with Gasteiger partial charge < -0.3 is 0 Å². The van der Waals surface area contributed by atoms with Crippen LogP contribution in [0.4, 0.5) is 5.69 Å². The summed E-state index contributed by atoms with van der Waals surface area (Å²) in [6.07, 6.45) is 6.92. The Morgan fingerprint density at radius 2 is 2.12 bits per heavy atom. The third kappa shape index (κ3) is 2.77. The molecule has 0 aromatic heterocycles. The summed E-state index contributed by atoms with van der Waals surface area (Å²) in [4.78, 5) is 10.3. The summed E-state index contributed by atoms with van der Waals surface area (Å²) in [5.74, 6) is 0. The molecule has 0 aliphatic heterocycles. The predicted octanol–water partition coefficient (Wildman–Crippen LogP) is 3.11.